The third-order valence-electron chi connectivity index (χ3n) is 6.09. The van der Waals surface area contributed by atoms with Gasteiger partial charge in [0.25, 0.3) is 5.92 Å². The maximum atomic E-state index is 15.4. The van der Waals surface area contributed by atoms with E-state index in [2.05, 4.69) is 4.74 Å². The highest BCUT2D eigenvalue weighted by Gasteiger charge is 2.79. The van der Waals surface area contributed by atoms with Gasteiger partial charge in [-0.2, -0.15) is 26.3 Å². The summed E-state index contributed by atoms with van der Waals surface area (Å²) in [5.41, 5.74) is -5.12. The lowest BCUT2D eigenvalue weighted by molar-refractivity contribution is -0.369. The first kappa shape index (κ1) is 26.7. The van der Waals surface area contributed by atoms with Gasteiger partial charge in [-0.3, -0.25) is 10.1 Å². The number of hydrogen-bond donors (Lipinski definition) is 1. The quantitative estimate of drug-likeness (QED) is 0.440. The molecule has 0 saturated carbocycles. The van der Waals surface area contributed by atoms with Gasteiger partial charge in [0, 0.05) is 6.42 Å². The van der Waals surface area contributed by atoms with Crippen LogP contribution in [-0.2, 0) is 33.2 Å². The van der Waals surface area contributed by atoms with E-state index in [0.29, 0.717) is 0 Å². The van der Waals surface area contributed by atoms with Crippen molar-refractivity contribution in [2.75, 3.05) is 6.61 Å². The van der Waals surface area contributed by atoms with Gasteiger partial charge in [0.15, 0.2) is 17.7 Å². The van der Waals surface area contributed by atoms with Crippen LogP contribution in [-0.4, -0.2) is 84.7 Å². The molecule has 0 bridgehead atoms. The van der Waals surface area contributed by atoms with Crippen molar-refractivity contribution in [2.45, 2.75) is 106 Å². The number of alkyl halides is 8. The summed E-state index contributed by atoms with van der Waals surface area (Å²) in [5.74, 6) is -8.70. The van der Waals surface area contributed by atoms with E-state index in [1.807, 2.05) is 0 Å². The number of hydrogen-bond acceptors (Lipinski definition) is 8. The maximum Gasteiger partial charge on any atom is 0.452 e. The molecule has 4 heterocycles. The normalized spacial score (nSPS) is 38.6. The molecule has 4 aliphatic heterocycles. The Kier molecular flexibility index (Phi) is 5.98. The highest BCUT2D eigenvalue weighted by Crippen LogP contribution is 2.50. The van der Waals surface area contributed by atoms with Crippen LogP contribution < -0.4 is 5.32 Å². The van der Waals surface area contributed by atoms with Crippen LogP contribution in [0.2, 0.25) is 0 Å². The summed E-state index contributed by atoms with van der Waals surface area (Å²) in [7, 11) is 0. The Bertz CT molecular complexity index is 847. The minimum absolute atomic E-state index is 0.0564. The van der Waals surface area contributed by atoms with Gasteiger partial charge >= 0.3 is 24.0 Å². The SMILES string of the molecule is CC1(C)O[C@@H]2[C@H]([C@H]3COC(C)(C)O3)O[C@H](C(F)(F)C[C@@H]3NC(C(F)(F)F)(C(F)(F)F)OC3=O)[C@@H]2O1. The molecule has 4 rings (SSSR count). The lowest BCUT2D eigenvalue weighted by Gasteiger charge is -2.33. The molecule has 202 valence electrons. The lowest BCUT2D eigenvalue weighted by Crippen LogP contribution is -2.65. The zero-order chi connectivity index (χ0) is 26.4. The van der Waals surface area contributed by atoms with E-state index in [4.69, 9.17) is 23.7 Å². The van der Waals surface area contributed by atoms with Crippen molar-refractivity contribution >= 4 is 5.97 Å². The molecule has 8 nitrogen and oxygen atoms in total. The predicted octanol–water partition coefficient (Wildman–Crippen LogP) is 2.79. The van der Waals surface area contributed by atoms with Gasteiger partial charge in [0.05, 0.1) is 6.61 Å². The Morgan fingerprint density at radius 2 is 1.43 bits per heavy atom. The van der Waals surface area contributed by atoms with Crippen LogP contribution in [0, 0.1) is 0 Å². The van der Waals surface area contributed by atoms with Crippen LogP contribution in [0.4, 0.5) is 35.1 Å². The largest absolute Gasteiger partial charge is 0.452 e. The number of ether oxygens (including phenoxy) is 6. The number of esters is 1. The van der Waals surface area contributed by atoms with E-state index < -0.39 is 84.5 Å². The molecular weight excluding hydrogens is 506 g/mol. The highest BCUT2D eigenvalue weighted by atomic mass is 19.4. The zero-order valence-electron chi connectivity index (χ0n) is 18.8. The van der Waals surface area contributed by atoms with E-state index in [0.717, 1.165) is 5.32 Å². The Hall–Kier alpha value is -1.33. The molecule has 0 aliphatic carbocycles. The number of halogens is 8. The second-order valence-corrected chi connectivity index (χ2v) is 9.71. The van der Waals surface area contributed by atoms with Crippen LogP contribution in [0.1, 0.15) is 34.1 Å². The fourth-order valence-corrected chi connectivity index (χ4v) is 4.66. The second kappa shape index (κ2) is 7.84. The van der Waals surface area contributed by atoms with Crippen LogP contribution in [0.15, 0.2) is 0 Å². The first-order valence-electron chi connectivity index (χ1n) is 10.5. The Morgan fingerprint density at radius 3 is 1.91 bits per heavy atom. The number of carbonyl (C=O) groups excluding carboxylic acids is 1. The third-order valence-corrected chi connectivity index (χ3v) is 6.09. The Balaban J connectivity index is 1.57. The standard InChI is InChI=1S/C19H23F8NO7/c1-14(2)30-6-8(32-14)9-10-11(34-15(3,4)33-10)12(31-9)16(20,21)5-7-13(29)35-17(28-7,18(22,23)24)19(25,26)27/h7-12,28H,5-6H2,1-4H3/t7-,8+,9-,10+,11+,12-/m0/s1. The Morgan fingerprint density at radius 1 is 0.857 bits per heavy atom. The molecule has 1 N–H and O–H groups in total. The van der Waals surface area contributed by atoms with Crippen LogP contribution in [0.25, 0.3) is 0 Å². The van der Waals surface area contributed by atoms with Gasteiger partial charge in [0.2, 0.25) is 0 Å². The maximum absolute atomic E-state index is 15.4. The lowest BCUT2D eigenvalue weighted by atomic mass is 9.97. The fourth-order valence-electron chi connectivity index (χ4n) is 4.66. The first-order valence-corrected chi connectivity index (χ1v) is 10.5. The Labute approximate surface area is 193 Å². The third kappa shape index (κ3) is 4.50. The number of carbonyl (C=O) groups is 1. The average molecular weight is 529 g/mol. The van der Waals surface area contributed by atoms with Crippen LogP contribution in [0.3, 0.4) is 0 Å². The summed E-state index contributed by atoms with van der Waals surface area (Å²) >= 11 is 0. The molecular formula is C19H23F8NO7. The number of nitrogens with one attached hydrogen (secondary N) is 1. The molecule has 0 amide bonds. The van der Waals surface area contributed by atoms with Crippen LogP contribution >= 0.6 is 0 Å². The molecule has 0 aromatic rings. The number of rotatable bonds is 4. The molecule has 0 aromatic heterocycles. The fraction of sp³-hybridized carbons (Fsp3) is 0.947. The van der Waals surface area contributed by atoms with E-state index >= 15 is 8.78 Å². The summed E-state index contributed by atoms with van der Waals surface area (Å²) < 4.78 is 141. The zero-order valence-corrected chi connectivity index (χ0v) is 18.8. The smallest absolute Gasteiger partial charge is 0.424 e. The van der Waals surface area contributed by atoms with Crippen molar-refractivity contribution in [3.8, 4) is 0 Å². The molecule has 16 heteroatoms. The molecule has 4 fully saturated rings. The summed E-state index contributed by atoms with van der Waals surface area (Å²) in [4.78, 5) is 11.9. The minimum Gasteiger partial charge on any atom is -0.424 e. The van der Waals surface area contributed by atoms with Gasteiger partial charge in [0.1, 0.15) is 30.5 Å². The van der Waals surface area contributed by atoms with Crippen LogP contribution in [0.5, 0.6) is 0 Å². The molecule has 0 aromatic carbocycles. The monoisotopic (exact) mass is 529 g/mol. The van der Waals surface area contributed by atoms with Crippen molar-refractivity contribution < 1.29 is 68.3 Å². The molecule has 0 spiro atoms. The molecule has 6 atom stereocenters. The van der Waals surface area contributed by atoms with E-state index in [1.165, 1.54) is 13.8 Å². The average Bonchev–Trinajstić information content (AvgIpc) is 3.35. The molecule has 4 aliphatic rings. The molecule has 0 unspecified atom stereocenters. The van der Waals surface area contributed by atoms with Crippen molar-refractivity contribution in [3.63, 3.8) is 0 Å². The molecule has 35 heavy (non-hydrogen) atoms. The van der Waals surface area contributed by atoms with E-state index in [1.54, 1.807) is 13.8 Å². The van der Waals surface area contributed by atoms with Gasteiger partial charge < -0.3 is 28.4 Å². The van der Waals surface area contributed by atoms with Gasteiger partial charge in [-0.15, -0.1) is 0 Å². The summed E-state index contributed by atoms with van der Waals surface area (Å²) in [6.45, 7) is 5.97. The summed E-state index contributed by atoms with van der Waals surface area (Å²) in [5, 5.41) is 0.893. The summed E-state index contributed by atoms with van der Waals surface area (Å²) in [6, 6.07) is -2.64. The van der Waals surface area contributed by atoms with Gasteiger partial charge in [-0.1, -0.05) is 0 Å². The van der Waals surface area contributed by atoms with E-state index in [-0.39, 0.29) is 6.61 Å². The minimum atomic E-state index is -6.16. The number of cyclic esters (lactones) is 1. The predicted molar refractivity (Wildman–Crippen MR) is 94.8 cm³/mol. The molecule has 4 saturated heterocycles. The van der Waals surface area contributed by atoms with Crippen molar-refractivity contribution in [1.29, 1.82) is 0 Å². The molecule has 0 radical (unpaired) electrons. The highest BCUT2D eigenvalue weighted by molar-refractivity contribution is 5.79. The van der Waals surface area contributed by atoms with E-state index in [9.17, 15) is 31.1 Å². The van der Waals surface area contributed by atoms with Crippen molar-refractivity contribution in [3.05, 3.63) is 0 Å². The topological polar surface area (TPSA) is 84.5 Å². The summed E-state index contributed by atoms with van der Waals surface area (Å²) in [6.07, 6.45) is -20.9. The van der Waals surface area contributed by atoms with Gasteiger partial charge in [-0.05, 0) is 27.7 Å². The van der Waals surface area contributed by atoms with Crippen molar-refractivity contribution in [2.24, 2.45) is 0 Å². The second-order valence-electron chi connectivity index (χ2n) is 9.71. The number of fused-ring (bicyclic) bond motifs is 1. The first-order chi connectivity index (χ1) is 15.7. The van der Waals surface area contributed by atoms with Crippen molar-refractivity contribution in [1.82, 2.24) is 5.32 Å². The van der Waals surface area contributed by atoms with Gasteiger partial charge in [-0.25, -0.2) is 8.78 Å².